The average molecular weight is 383 g/mol. The Kier molecular flexibility index (Phi) is 6.56. The molecule has 1 amide bonds. The third kappa shape index (κ3) is 5.13. The largest absolute Gasteiger partial charge is 0.481 e. The third-order valence-electron chi connectivity index (χ3n) is 4.64. The lowest BCUT2D eigenvalue weighted by Gasteiger charge is -2.13. The van der Waals surface area contributed by atoms with Gasteiger partial charge in [0.15, 0.2) is 0 Å². The van der Waals surface area contributed by atoms with E-state index in [1.54, 1.807) is 18.9 Å². The fourth-order valence-electron chi connectivity index (χ4n) is 3.08. The van der Waals surface area contributed by atoms with E-state index in [9.17, 15) is 4.79 Å². The van der Waals surface area contributed by atoms with Crippen LogP contribution in [0.4, 0.5) is 0 Å². The number of ether oxygens (including phenoxy) is 1. The fourth-order valence-corrected chi connectivity index (χ4v) is 3.48. The molecule has 5 heteroatoms. The van der Waals surface area contributed by atoms with Gasteiger partial charge in [-0.25, -0.2) is 4.98 Å². The number of carbonyl (C=O) groups is 1. The molecule has 27 heavy (non-hydrogen) atoms. The van der Waals surface area contributed by atoms with Gasteiger partial charge in [-0.15, -0.1) is 11.8 Å². The highest BCUT2D eigenvalue weighted by Crippen LogP contribution is 2.44. The lowest BCUT2D eigenvalue weighted by atomic mass is 10.00. The highest BCUT2D eigenvalue weighted by Gasteiger charge is 2.27. The van der Waals surface area contributed by atoms with Crippen molar-refractivity contribution in [2.75, 3.05) is 19.9 Å². The second-order valence-corrected chi connectivity index (χ2v) is 7.57. The summed E-state index contributed by atoms with van der Waals surface area (Å²) < 4.78 is 5.57. The maximum absolute atomic E-state index is 11.1. The number of pyridine rings is 1. The van der Waals surface area contributed by atoms with E-state index >= 15 is 0 Å². The SMILES string of the molecule is COc1nc(C(=CCCNC(C)=O)c2ccc(SC)cc2)ccc1C1CC1. The van der Waals surface area contributed by atoms with Crippen LogP contribution in [0.5, 0.6) is 5.88 Å². The number of methoxy groups -OCH3 is 1. The Bertz CT molecular complexity index is 827. The summed E-state index contributed by atoms with van der Waals surface area (Å²) >= 11 is 1.73. The first-order valence-electron chi connectivity index (χ1n) is 9.26. The van der Waals surface area contributed by atoms with Gasteiger partial charge in [-0.2, -0.15) is 0 Å². The summed E-state index contributed by atoms with van der Waals surface area (Å²) in [5.74, 6) is 1.31. The minimum atomic E-state index is -0.0112. The van der Waals surface area contributed by atoms with E-state index in [2.05, 4.69) is 54.0 Å². The Morgan fingerprint density at radius 3 is 2.59 bits per heavy atom. The molecule has 1 saturated carbocycles. The Labute approximate surface area is 165 Å². The summed E-state index contributed by atoms with van der Waals surface area (Å²) in [6, 6.07) is 12.7. The van der Waals surface area contributed by atoms with Gasteiger partial charge < -0.3 is 10.1 Å². The minimum absolute atomic E-state index is 0.0112. The van der Waals surface area contributed by atoms with Crippen molar-refractivity contribution in [3.05, 3.63) is 59.3 Å². The Hall–Kier alpha value is -2.27. The molecule has 0 bridgehead atoms. The summed E-state index contributed by atoms with van der Waals surface area (Å²) in [6.07, 6.45) is 7.39. The Balaban J connectivity index is 1.92. The molecule has 0 saturated heterocycles. The van der Waals surface area contributed by atoms with Crippen molar-refractivity contribution in [2.24, 2.45) is 0 Å². The molecule has 3 rings (SSSR count). The number of hydrogen-bond acceptors (Lipinski definition) is 4. The number of nitrogens with one attached hydrogen (secondary N) is 1. The first-order valence-corrected chi connectivity index (χ1v) is 10.5. The molecule has 1 aliphatic carbocycles. The number of hydrogen-bond donors (Lipinski definition) is 1. The topological polar surface area (TPSA) is 51.2 Å². The summed E-state index contributed by atoms with van der Waals surface area (Å²) in [6.45, 7) is 2.15. The van der Waals surface area contributed by atoms with Crippen LogP contribution in [-0.2, 0) is 4.79 Å². The number of benzene rings is 1. The Morgan fingerprint density at radius 2 is 2.00 bits per heavy atom. The van der Waals surface area contributed by atoms with E-state index < -0.39 is 0 Å². The first-order chi connectivity index (χ1) is 13.1. The van der Waals surface area contributed by atoms with Crippen molar-refractivity contribution in [2.45, 2.75) is 37.0 Å². The quantitative estimate of drug-likeness (QED) is 0.533. The maximum atomic E-state index is 11.1. The summed E-state index contributed by atoms with van der Waals surface area (Å²) in [7, 11) is 1.69. The predicted molar refractivity (Wildman–Crippen MR) is 111 cm³/mol. The van der Waals surface area contributed by atoms with Crippen LogP contribution in [0.25, 0.3) is 5.57 Å². The van der Waals surface area contributed by atoms with Crippen molar-refractivity contribution < 1.29 is 9.53 Å². The molecular formula is C22H26N2O2S. The second kappa shape index (κ2) is 9.09. The number of carbonyl (C=O) groups excluding carboxylic acids is 1. The van der Waals surface area contributed by atoms with E-state index in [-0.39, 0.29) is 5.91 Å². The van der Waals surface area contributed by atoms with E-state index in [1.165, 1.54) is 30.2 Å². The van der Waals surface area contributed by atoms with Gasteiger partial charge in [-0.05, 0) is 55.2 Å². The van der Waals surface area contributed by atoms with Crippen LogP contribution in [0.2, 0.25) is 0 Å². The number of thioether (sulfide) groups is 1. The van der Waals surface area contributed by atoms with Crippen molar-refractivity contribution in [3.63, 3.8) is 0 Å². The molecule has 1 N–H and O–H groups in total. The number of amides is 1. The van der Waals surface area contributed by atoms with E-state index in [0.29, 0.717) is 12.5 Å². The molecule has 4 nitrogen and oxygen atoms in total. The molecule has 1 aromatic heterocycles. The standard InChI is InChI=1S/C22H26N2O2S/c1-15(25)23-14-4-5-19(16-8-10-18(27-3)11-9-16)21-13-12-20(17-6-7-17)22(24-21)26-2/h5,8-13,17H,4,6-7,14H2,1-3H3,(H,23,25). The van der Waals surface area contributed by atoms with Crippen molar-refractivity contribution in [1.82, 2.24) is 10.3 Å². The van der Waals surface area contributed by atoms with Gasteiger partial charge in [-0.3, -0.25) is 4.79 Å². The number of rotatable bonds is 8. The molecule has 0 atom stereocenters. The van der Waals surface area contributed by atoms with Gasteiger partial charge in [0.25, 0.3) is 0 Å². The molecule has 0 spiro atoms. The van der Waals surface area contributed by atoms with Crippen LogP contribution in [0.1, 0.15) is 48.9 Å². The second-order valence-electron chi connectivity index (χ2n) is 6.69. The molecule has 0 aliphatic heterocycles. The Morgan fingerprint density at radius 1 is 1.26 bits per heavy atom. The van der Waals surface area contributed by atoms with Crippen molar-refractivity contribution in [1.29, 1.82) is 0 Å². The molecule has 0 radical (unpaired) electrons. The van der Waals surface area contributed by atoms with Crippen LogP contribution in [0.3, 0.4) is 0 Å². The van der Waals surface area contributed by atoms with Gasteiger partial charge >= 0.3 is 0 Å². The van der Waals surface area contributed by atoms with Gasteiger partial charge in [0.05, 0.1) is 12.8 Å². The van der Waals surface area contributed by atoms with E-state index in [1.807, 2.05) is 0 Å². The number of aromatic nitrogens is 1. The molecular weight excluding hydrogens is 356 g/mol. The normalized spacial score (nSPS) is 14.1. The molecule has 1 aromatic carbocycles. The van der Waals surface area contributed by atoms with Crippen molar-refractivity contribution >= 4 is 23.2 Å². The first kappa shape index (κ1) is 19.5. The molecule has 142 valence electrons. The zero-order valence-corrected chi connectivity index (χ0v) is 16.9. The molecule has 0 unspecified atom stereocenters. The van der Waals surface area contributed by atoms with Crippen LogP contribution >= 0.6 is 11.8 Å². The van der Waals surface area contributed by atoms with Gasteiger partial charge in [0.2, 0.25) is 11.8 Å². The van der Waals surface area contributed by atoms with Crippen molar-refractivity contribution in [3.8, 4) is 5.88 Å². The lowest BCUT2D eigenvalue weighted by Crippen LogP contribution is -2.20. The molecule has 1 fully saturated rings. The molecule has 1 heterocycles. The third-order valence-corrected chi connectivity index (χ3v) is 5.39. The van der Waals surface area contributed by atoms with Gasteiger partial charge in [0, 0.05) is 29.5 Å². The highest BCUT2D eigenvalue weighted by molar-refractivity contribution is 7.98. The van der Waals surface area contributed by atoms with Crippen LogP contribution < -0.4 is 10.1 Å². The number of nitrogens with zero attached hydrogens (tertiary/aromatic N) is 1. The van der Waals surface area contributed by atoms with Crippen LogP contribution in [0.15, 0.2) is 47.4 Å². The zero-order valence-electron chi connectivity index (χ0n) is 16.1. The fraction of sp³-hybridized carbons (Fsp3) is 0.364. The monoisotopic (exact) mass is 382 g/mol. The van der Waals surface area contributed by atoms with E-state index in [4.69, 9.17) is 9.72 Å². The predicted octanol–water partition coefficient (Wildman–Crippen LogP) is 4.65. The minimum Gasteiger partial charge on any atom is -0.481 e. The average Bonchev–Trinajstić information content (AvgIpc) is 3.53. The van der Waals surface area contributed by atoms with Gasteiger partial charge in [0.1, 0.15) is 0 Å². The van der Waals surface area contributed by atoms with E-state index in [0.717, 1.165) is 29.1 Å². The van der Waals surface area contributed by atoms with Crippen LogP contribution in [-0.4, -0.2) is 30.8 Å². The highest BCUT2D eigenvalue weighted by atomic mass is 32.2. The summed E-state index contributed by atoms with van der Waals surface area (Å²) in [5, 5.41) is 2.84. The van der Waals surface area contributed by atoms with Gasteiger partial charge in [-0.1, -0.05) is 24.3 Å². The smallest absolute Gasteiger partial charge is 0.217 e. The molecule has 2 aromatic rings. The summed E-state index contributed by atoms with van der Waals surface area (Å²) in [4.78, 5) is 17.2. The maximum Gasteiger partial charge on any atom is 0.217 e. The van der Waals surface area contributed by atoms with Crippen LogP contribution in [0, 0.1) is 0 Å². The summed E-state index contributed by atoms with van der Waals surface area (Å²) in [5.41, 5.74) is 4.28. The zero-order chi connectivity index (χ0) is 19.2. The lowest BCUT2D eigenvalue weighted by molar-refractivity contribution is -0.118. The molecule has 1 aliphatic rings.